The average molecular weight is 347 g/mol. The first kappa shape index (κ1) is 14.8. The molecule has 0 amide bonds. The van der Waals surface area contributed by atoms with Crippen LogP contribution in [0.5, 0.6) is 0 Å². The van der Waals surface area contributed by atoms with Crippen LogP contribution in [-0.4, -0.2) is 26.3 Å². The van der Waals surface area contributed by atoms with Crippen molar-refractivity contribution in [1.82, 2.24) is 5.32 Å². The van der Waals surface area contributed by atoms with E-state index in [0.717, 1.165) is 22.9 Å². The summed E-state index contributed by atoms with van der Waals surface area (Å²) in [6, 6.07) is 6.08. The van der Waals surface area contributed by atoms with Gasteiger partial charge >= 0.3 is 0 Å². The van der Waals surface area contributed by atoms with Crippen LogP contribution in [0.2, 0.25) is 0 Å². The molecule has 106 valence electrons. The van der Waals surface area contributed by atoms with Crippen LogP contribution in [0.4, 0.5) is 5.69 Å². The van der Waals surface area contributed by atoms with Gasteiger partial charge in [0.1, 0.15) is 0 Å². The molecule has 1 aromatic rings. The van der Waals surface area contributed by atoms with E-state index in [0.29, 0.717) is 18.3 Å². The number of hydrogen-bond donors (Lipinski definition) is 2. The number of aryl methyl sites for hydroxylation is 1. The van der Waals surface area contributed by atoms with Crippen LogP contribution in [0.25, 0.3) is 0 Å². The quantitative estimate of drug-likeness (QED) is 0.832. The lowest BCUT2D eigenvalue weighted by Crippen LogP contribution is -2.35. The van der Waals surface area contributed by atoms with E-state index < -0.39 is 15.3 Å². The molecule has 0 bridgehead atoms. The summed E-state index contributed by atoms with van der Waals surface area (Å²) >= 11 is 3.35. The fourth-order valence-corrected chi connectivity index (χ4v) is 3.09. The third kappa shape index (κ3) is 4.19. The highest BCUT2D eigenvalue weighted by Crippen LogP contribution is 2.23. The van der Waals surface area contributed by atoms with Crippen LogP contribution in [0.3, 0.4) is 0 Å². The van der Waals surface area contributed by atoms with Crippen LogP contribution >= 0.6 is 15.9 Å². The van der Waals surface area contributed by atoms with Crippen molar-refractivity contribution in [3.63, 3.8) is 0 Å². The summed E-state index contributed by atoms with van der Waals surface area (Å²) < 4.78 is 28.0. The molecule has 1 atom stereocenters. The molecule has 1 unspecified atom stereocenters. The molecule has 6 heteroatoms. The fourth-order valence-electron chi connectivity index (χ4n) is 1.69. The summed E-state index contributed by atoms with van der Waals surface area (Å²) in [5, 5.41) is 2.79. The maximum atomic E-state index is 12.2. The third-order valence-corrected chi connectivity index (χ3v) is 5.48. The zero-order chi connectivity index (χ0) is 14.0. The monoisotopic (exact) mass is 346 g/mol. The Bertz CT molecular complexity index is 556. The highest BCUT2D eigenvalue weighted by atomic mass is 79.9. The average Bonchev–Trinajstić information content (AvgIpc) is 3.14. The second kappa shape index (κ2) is 5.81. The lowest BCUT2D eigenvalue weighted by molar-refractivity contribution is 0.576. The van der Waals surface area contributed by atoms with E-state index >= 15 is 0 Å². The highest BCUT2D eigenvalue weighted by Gasteiger charge is 2.26. The number of benzene rings is 1. The molecule has 0 spiro atoms. The van der Waals surface area contributed by atoms with Crippen molar-refractivity contribution in [2.75, 3.05) is 11.3 Å². The number of halogens is 1. The van der Waals surface area contributed by atoms with Gasteiger partial charge in [0.2, 0.25) is 10.0 Å². The molecule has 0 aliphatic heterocycles. The summed E-state index contributed by atoms with van der Waals surface area (Å²) in [5.74, 6) is 0. The van der Waals surface area contributed by atoms with E-state index in [1.807, 2.05) is 19.1 Å². The molecule has 2 rings (SSSR count). The van der Waals surface area contributed by atoms with Crippen LogP contribution in [0.15, 0.2) is 22.7 Å². The molecule has 1 aliphatic carbocycles. The Morgan fingerprint density at radius 2 is 2.11 bits per heavy atom. The van der Waals surface area contributed by atoms with Crippen molar-refractivity contribution in [3.8, 4) is 0 Å². The number of hydrogen-bond acceptors (Lipinski definition) is 3. The number of sulfonamides is 1. The summed E-state index contributed by atoms with van der Waals surface area (Å²) in [7, 11) is -3.35. The van der Waals surface area contributed by atoms with Crippen molar-refractivity contribution >= 4 is 31.6 Å². The predicted octanol–water partition coefficient (Wildman–Crippen LogP) is 2.64. The van der Waals surface area contributed by atoms with E-state index in [4.69, 9.17) is 0 Å². The first-order chi connectivity index (χ1) is 8.88. The van der Waals surface area contributed by atoms with Gasteiger partial charge in [0, 0.05) is 17.1 Å². The molecule has 1 saturated carbocycles. The minimum atomic E-state index is -3.35. The summed E-state index contributed by atoms with van der Waals surface area (Å²) in [6.07, 6.45) is 2.32. The number of nitrogens with one attached hydrogen (secondary N) is 2. The third-order valence-electron chi connectivity index (χ3n) is 3.25. The van der Waals surface area contributed by atoms with E-state index in [-0.39, 0.29) is 0 Å². The van der Waals surface area contributed by atoms with Gasteiger partial charge in [-0.1, -0.05) is 22.0 Å². The van der Waals surface area contributed by atoms with Crippen molar-refractivity contribution in [2.45, 2.75) is 38.0 Å². The van der Waals surface area contributed by atoms with Crippen LogP contribution < -0.4 is 10.0 Å². The van der Waals surface area contributed by atoms with Crippen molar-refractivity contribution in [3.05, 3.63) is 28.2 Å². The lowest BCUT2D eigenvalue weighted by atomic mass is 10.2. The normalized spacial score (nSPS) is 17.2. The maximum absolute atomic E-state index is 12.2. The topological polar surface area (TPSA) is 58.2 Å². The smallest absolute Gasteiger partial charge is 0.236 e. The number of rotatable bonds is 6. The van der Waals surface area contributed by atoms with Crippen molar-refractivity contribution in [2.24, 2.45) is 0 Å². The van der Waals surface area contributed by atoms with E-state index in [9.17, 15) is 8.42 Å². The van der Waals surface area contributed by atoms with Gasteiger partial charge in [-0.05, 0) is 44.4 Å². The zero-order valence-corrected chi connectivity index (χ0v) is 13.5. The van der Waals surface area contributed by atoms with Crippen molar-refractivity contribution < 1.29 is 8.42 Å². The zero-order valence-electron chi connectivity index (χ0n) is 11.1. The first-order valence-electron chi connectivity index (χ1n) is 6.39. The van der Waals surface area contributed by atoms with Gasteiger partial charge in [-0.3, -0.25) is 4.72 Å². The Hall–Kier alpha value is -0.590. The molecular formula is C13H19BrN2O2S. The Kier molecular flexibility index (Phi) is 4.53. The summed E-state index contributed by atoms with van der Waals surface area (Å²) in [6.45, 7) is 4.11. The van der Waals surface area contributed by atoms with Gasteiger partial charge in [-0.25, -0.2) is 8.42 Å². The van der Waals surface area contributed by atoms with Crippen LogP contribution in [-0.2, 0) is 10.0 Å². The van der Waals surface area contributed by atoms with Gasteiger partial charge in [0.15, 0.2) is 0 Å². The summed E-state index contributed by atoms with van der Waals surface area (Å²) in [4.78, 5) is 0. The molecule has 19 heavy (non-hydrogen) atoms. The molecule has 4 nitrogen and oxygen atoms in total. The lowest BCUT2D eigenvalue weighted by Gasteiger charge is -2.16. The second-order valence-electron chi connectivity index (χ2n) is 5.10. The van der Waals surface area contributed by atoms with Gasteiger partial charge in [-0.15, -0.1) is 0 Å². The predicted molar refractivity (Wildman–Crippen MR) is 81.9 cm³/mol. The molecular weight excluding hydrogens is 328 g/mol. The first-order valence-corrected chi connectivity index (χ1v) is 8.73. The van der Waals surface area contributed by atoms with Gasteiger partial charge in [-0.2, -0.15) is 0 Å². The molecule has 1 fully saturated rings. The minimum Gasteiger partial charge on any atom is -0.313 e. The summed E-state index contributed by atoms with van der Waals surface area (Å²) in [5.41, 5.74) is 1.54. The molecule has 0 saturated heterocycles. The Morgan fingerprint density at radius 1 is 1.42 bits per heavy atom. The highest BCUT2D eigenvalue weighted by molar-refractivity contribution is 9.10. The van der Waals surface area contributed by atoms with E-state index in [1.165, 1.54) is 0 Å². The van der Waals surface area contributed by atoms with Crippen LogP contribution in [0, 0.1) is 6.92 Å². The standard InChI is InChI=1S/C13H19BrN2O2S/c1-9-3-4-11(14)7-13(9)16-19(17,18)10(2)8-15-12-5-6-12/h3-4,7,10,12,15-16H,5-6,8H2,1-2H3. The SMILES string of the molecule is Cc1ccc(Br)cc1NS(=O)(=O)C(C)CNC1CC1. The molecule has 1 aliphatic rings. The Labute approximate surface area is 123 Å². The molecule has 2 N–H and O–H groups in total. The van der Waals surface area contributed by atoms with Gasteiger partial charge in [0.25, 0.3) is 0 Å². The molecule has 0 aromatic heterocycles. The largest absolute Gasteiger partial charge is 0.313 e. The Morgan fingerprint density at radius 3 is 2.74 bits per heavy atom. The maximum Gasteiger partial charge on any atom is 0.236 e. The van der Waals surface area contributed by atoms with Crippen molar-refractivity contribution in [1.29, 1.82) is 0 Å². The number of anilines is 1. The Balaban J connectivity index is 2.04. The van der Waals surface area contributed by atoms with E-state index in [2.05, 4.69) is 26.0 Å². The second-order valence-corrected chi connectivity index (χ2v) is 8.11. The fraction of sp³-hybridized carbons (Fsp3) is 0.538. The van der Waals surface area contributed by atoms with Gasteiger partial charge in [0.05, 0.1) is 10.9 Å². The molecule has 0 heterocycles. The van der Waals surface area contributed by atoms with Gasteiger partial charge < -0.3 is 5.32 Å². The minimum absolute atomic E-state index is 0.452. The molecule has 0 radical (unpaired) electrons. The van der Waals surface area contributed by atoms with Crippen LogP contribution in [0.1, 0.15) is 25.3 Å². The molecule has 1 aromatic carbocycles. The van der Waals surface area contributed by atoms with E-state index in [1.54, 1.807) is 13.0 Å².